The Morgan fingerprint density at radius 2 is 1.95 bits per heavy atom. The van der Waals surface area contributed by atoms with Crippen LogP contribution in [0.3, 0.4) is 0 Å². The van der Waals surface area contributed by atoms with E-state index in [1.807, 2.05) is 25.3 Å². The largest absolute Gasteiger partial charge is 0.368 e. The van der Waals surface area contributed by atoms with E-state index in [0.29, 0.717) is 31.1 Å². The van der Waals surface area contributed by atoms with E-state index in [2.05, 4.69) is 15.0 Å². The van der Waals surface area contributed by atoms with Crippen molar-refractivity contribution in [1.82, 2.24) is 19.9 Å². The molecular formula is C16H18N4O2. The lowest BCUT2D eigenvalue weighted by Gasteiger charge is -2.32. The molecule has 0 radical (unpaired) electrons. The van der Waals surface area contributed by atoms with Gasteiger partial charge in [-0.3, -0.25) is 9.78 Å². The van der Waals surface area contributed by atoms with Gasteiger partial charge in [0.1, 0.15) is 11.9 Å². The van der Waals surface area contributed by atoms with E-state index >= 15 is 0 Å². The minimum Gasteiger partial charge on any atom is -0.368 e. The standard InChI is InChI=1S/C16H18N4O2/c1-11-3-4-14(19-7-11)15-10-20(5-6-22-15)16(21)13-8-17-12(2)18-9-13/h3-4,7-9,15H,5-6,10H2,1-2H3. The maximum absolute atomic E-state index is 12.5. The van der Waals surface area contributed by atoms with Gasteiger partial charge in [-0.2, -0.15) is 0 Å². The smallest absolute Gasteiger partial charge is 0.257 e. The number of aryl methyl sites for hydroxylation is 2. The van der Waals surface area contributed by atoms with Gasteiger partial charge in [-0.25, -0.2) is 9.97 Å². The molecule has 0 aliphatic carbocycles. The van der Waals surface area contributed by atoms with Crippen molar-refractivity contribution in [2.45, 2.75) is 20.0 Å². The van der Waals surface area contributed by atoms with Crippen LogP contribution in [0.25, 0.3) is 0 Å². The number of hydrogen-bond acceptors (Lipinski definition) is 5. The zero-order chi connectivity index (χ0) is 15.5. The molecule has 2 aromatic rings. The quantitative estimate of drug-likeness (QED) is 0.844. The Morgan fingerprint density at radius 3 is 2.64 bits per heavy atom. The number of carbonyl (C=O) groups is 1. The molecule has 6 heteroatoms. The first-order chi connectivity index (χ1) is 10.6. The van der Waals surface area contributed by atoms with E-state index in [1.54, 1.807) is 24.2 Å². The number of ether oxygens (including phenoxy) is 1. The van der Waals surface area contributed by atoms with Crippen molar-refractivity contribution in [2.24, 2.45) is 0 Å². The summed E-state index contributed by atoms with van der Waals surface area (Å²) in [4.78, 5) is 26.8. The Balaban J connectivity index is 1.73. The van der Waals surface area contributed by atoms with Gasteiger partial charge in [0.2, 0.25) is 0 Å². The number of rotatable bonds is 2. The summed E-state index contributed by atoms with van der Waals surface area (Å²) < 4.78 is 5.75. The number of nitrogens with zero attached hydrogens (tertiary/aromatic N) is 4. The lowest BCUT2D eigenvalue weighted by molar-refractivity contribution is -0.0247. The molecule has 22 heavy (non-hydrogen) atoms. The highest BCUT2D eigenvalue weighted by molar-refractivity contribution is 5.93. The van der Waals surface area contributed by atoms with Crippen LogP contribution in [0.1, 0.15) is 33.5 Å². The molecule has 3 rings (SSSR count). The predicted octanol–water partition coefficient (Wildman–Crippen LogP) is 1.70. The van der Waals surface area contributed by atoms with Crippen molar-refractivity contribution in [3.05, 3.63) is 53.4 Å². The van der Waals surface area contributed by atoms with Crippen LogP contribution in [0.4, 0.5) is 0 Å². The molecule has 0 aromatic carbocycles. The summed E-state index contributed by atoms with van der Waals surface area (Å²) in [5, 5.41) is 0. The van der Waals surface area contributed by atoms with Gasteiger partial charge in [-0.15, -0.1) is 0 Å². The number of hydrogen-bond donors (Lipinski definition) is 0. The fourth-order valence-corrected chi connectivity index (χ4v) is 2.37. The highest BCUT2D eigenvalue weighted by Gasteiger charge is 2.27. The van der Waals surface area contributed by atoms with Crippen LogP contribution in [0.2, 0.25) is 0 Å². The number of aromatic nitrogens is 3. The molecule has 1 atom stereocenters. The molecule has 1 fully saturated rings. The van der Waals surface area contributed by atoms with Crippen LogP contribution in [0.5, 0.6) is 0 Å². The third kappa shape index (κ3) is 3.12. The highest BCUT2D eigenvalue weighted by Crippen LogP contribution is 2.21. The monoisotopic (exact) mass is 298 g/mol. The summed E-state index contributed by atoms with van der Waals surface area (Å²) in [6.45, 7) is 5.34. The zero-order valence-electron chi connectivity index (χ0n) is 12.7. The van der Waals surface area contributed by atoms with Crippen molar-refractivity contribution >= 4 is 5.91 Å². The second-order valence-electron chi connectivity index (χ2n) is 5.39. The normalized spacial score (nSPS) is 18.3. The Kier molecular flexibility index (Phi) is 4.11. The number of morpholine rings is 1. The molecule has 1 aliphatic rings. The fraction of sp³-hybridized carbons (Fsp3) is 0.375. The van der Waals surface area contributed by atoms with Crippen LogP contribution in [0.15, 0.2) is 30.7 Å². The SMILES string of the molecule is Cc1ccc(C2CN(C(=O)c3cnc(C)nc3)CCO2)nc1. The average molecular weight is 298 g/mol. The summed E-state index contributed by atoms with van der Waals surface area (Å²) in [7, 11) is 0. The lowest BCUT2D eigenvalue weighted by atomic mass is 10.1. The van der Waals surface area contributed by atoms with Crippen molar-refractivity contribution in [3.8, 4) is 0 Å². The van der Waals surface area contributed by atoms with Gasteiger partial charge < -0.3 is 9.64 Å². The average Bonchev–Trinajstić information content (AvgIpc) is 2.56. The molecule has 114 valence electrons. The number of amides is 1. The molecule has 0 bridgehead atoms. The van der Waals surface area contributed by atoms with Crippen molar-refractivity contribution in [2.75, 3.05) is 19.7 Å². The molecule has 1 aliphatic heterocycles. The maximum atomic E-state index is 12.5. The lowest BCUT2D eigenvalue weighted by Crippen LogP contribution is -2.42. The van der Waals surface area contributed by atoms with Gasteiger partial charge in [0, 0.05) is 25.1 Å². The van der Waals surface area contributed by atoms with Gasteiger partial charge in [-0.1, -0.05) is 6.07 Å². The van der Waals surface area contributed by atoms with Crippen LogP contribution < -0.4 is 0 Å². The Bertz CT molecular complexity index is 655. The Labute approximate surface area is 129 Å². The summed E-state index contributed by atoms with van der Waals surface area (Å²) in [5.74, 6) is 0.584. The van der Waals surface area contributed by atoms with Crippen molar-refractivity contribution in [3.63, 3.8) is 0 Å². The van der Waals surface area contributed by atoms with E-state index in [1.165, 1.54) is 0 Å². The summed E-state index contributed by atoms with van der Waals surface area (Å²) in [6, 6.07) is 3.95. The molecule has 0 saturated carbocycles. The topological polar surface area (TPSA) is 68.2 Å². The third-order valence-electron chi connectivity index (χ3n) is 3.65. The second kappa shape index (κ2) is 6.19. The van der Waals surface area contributed by atoms with Gasteiger partial charge in [-0.05, 0) is 25.5 Å². The molecule has 1 amide bonds. The van der Waals surface area contributed by atoms with Gasteiger partial charge in [0.05, 0.1) is 24.4 Å². The molecule has 2 aromatic heterocycles. The van der Waals surface area contributed by atoms with E-state index in [4.69, 9.17) is 4.74 Å². The van der Waals surface area contributed by atoms with Gasteiger partial charge >= 0.3 is 0 Å². The van der Waals surface area contributed by atoms with E-state index < -0.39 is 0 Å². The fourth-order valence-electron chi connectivity index (χ4n) is 2.37. The van der Waals surface area contributed by atoms with E-state index in [9.17, 15) is 4.79 Å². The molecule has 1 saturated heterocycles. The van der Waals surface area contributed by atoms with Gasteiger partial charge in [0.15, 0.2) is 0 Å². The third-order valence-corrected chi connectivity index (χ3v) is 3.65. The maximum Gasteiger partial charge on any atom is 0.257 e. The van der Waals surface area contributed by atoms with Crippen molar-refractivity contribution < 1.29 is 9.53 Å². The van der Waals surface area contributed by atoms with Gasteiger partial charge in [0.25, 0.3) is 5.91 Å². The number of pyridine rings is 1. The zero-order valence-corrected chi connectivity index (χ0v) is 12.7. The minimum atomic E-state index is -0.190. The predicted molar refractivity (Wildman–Crippen MR) is 80.3 cm³/mol. The summed E-state index contributed by atoms with van der Waals surface area (Å²) >= 11 is 0. The minimum absolute atomic E-state index is 0.0691. The first-order valence-electron chi connectivity index (χ1n) is 7.25. The first-order valence-corrected chi connectivity index (χ1v) is 7.25. The van der Waals surface area contributed by atoms with Crippen LogP contribution >= 0.6 is 0 Å². The molecule has 0 spiro atoms. The molecule has 6 nitrogen and oxygen atoms in total. The molecule has 1 unspecified atom stereocenters. The van der Waals surface area contributed by atoms with Crippen LogP contribution in [0, 0.1) is 13.8 Å². The van der Waals surface area contributed by atoms with Crippen molar-refractivity contribution in [1.29, 1.82) is 0 Å². The van der Waals surface area contributed by atoms with E-state index in [-0.39, 0.29) is 12.0 Å². The first kappa shape index (κ1) is 14.6. The van der Waals surface area contributed by atoms with E-state index in [0.717, 1.165) is 11.3 Å². The van der Waals surface area contributed by atoms with Crippen LogP contribution in [-0.2, 0) is 4.74 Å². The summed E-state index contributed by atoms with van der Waals surface area (Å²) in [6.07, 6.45) is 4.76. The molecule has 0 N–H and O–H groups in total. The second-order valence-corrected chi connectivity index (χ2v) is 5.39. The highest BCUT2D eigenvalue weighted by atomic mass is 16.5. The summed E-state index contributed by atoms with van der Waals surface area (Å²) in [5.41, 5.74) is 2.45. The molecular weight excluding hydrogens is 280 g/mol. The number of carbonyl (C=O) groups excluding carboxylic acids is 1. The molecule has 3 heterocycles. The Hall–Kier alpha value is -2.34. The Morgan fingerprint density at radius 1 is 1.18 bits per heavy atom. The van der Waals surface area contributed by atoms with Crippen LogP contribution in [-0.4, -0.2) is 45.5 Å².